The fourth-order valence-electron chi connectivity index (χ4n) is 1.66. The van der Waals surface area contributed by atoms with E-state index in [2.05, 4.69) is 0 Å². The maximum Gasteiger partial charge on any atom is 0.0462 e. The lowest BCUT2D eigenvalue weighted by atomic mass is 9.97. The molecule has 1 rings (SSSR count). The van der Waals surface area contributed by atoms with Gasteiger partial charge in [-0.2, -0.15) is 0 Å². The van der Waals surface area contributed by atoms with Crippen LogP contribution < -0.4 is 5.73 Å². The standard InChI is InChI=1S/C7H15NO/c8-4-6-2-1-3-7(6)5-9/h6-7,9H,1-5,8H2/t6-,7+/m1/s1. The SMILES string of the molecule is NC[C@H]1CCC[C@H]1CO. The molecule has 54 valence electrons. The summed E-state index contributed by atoms with van der Waals surface area (Å²) < 4.78 is 0. The predicted molar refractivity (Wildman–Crippen MR) is 37.0 cm³/mol. The molecule has 0 aliphatic heterocycles. The van der Waals surface area contributed by atoms with E-state index in [4.69, 9.17) is 10.8 Å². The van der Waals surface area contributed by atoms with Crippen LogP contribution in [0.3, 0.4) is 0 Å². The van der Waals surface area contributed by atoms with Crippen molar-refractivity contribution in [1.29, 1.82) is 0 Å². The van der Waals surface area contributed by atoms with Crippen molar-refractivity contribution in [2.24, 2.45) is 17.6 Å². The van der Waals surface area contributed by atoms with Gasteiger partial charge in [0, 0.05) is 6.61 Å². The Morgan fingerprint density at radius 1 is 1.33 bits per heavy atom. The van der Waals surface area contributed by atoms with Crippen LogP contribution in [0.4, 0.5) is 0 Å². The van der Waals surface area contributed by atoms with E-state index in [1.54, 1.807) is 0 Å². The molecule has 3 N–H and O–H groups in total. The lowest BCUT2D eigenvalue weighted by Gasteiger charge is -2.13. The second-order valence-corrected chi connectivity index (χ2v) is 2.87. The Morgan fingerprint density at radius 3 is 2.44 bits per heavy atom. The van der Waals surface area contributed by atoms with Crippen LogP contribution in [0.15, 0.2) is 0 Å². The number of aliphatic hydroxyl groups excluding tert-OH is 1. The summed E-state index contributed by atoms with van der Waals surface area (Å²) in [6.45, 7) is 1.09. The quantitative estimate of drug-likeness (QED) is 0.565. The molecule has 0 radical (unpaired) electrons. The van der Waals surface area contributed by atoms with Crippen molar-refractivity contribution < 1.29 is 5.11 Å². The van der Waals surface area contributed by atoms with Crippen molar-refractivity contribution in [3.05, 3.63) is 0 Å². The van der Waals surface area contributed by atoms with Gasteiger partial charge in [0.05, 0.1) is 0 Å². The molecule has 9 heavy (non-hydrogen) atoms. The molecule has 0 amide bonds. The van der Waals surface area contributed by atoms with Crippen LogP contribution in [-0.4, -0.2) is 18.3 Å². The molecule has 0 saturated heterocycles. The molecular weight excluding hydrogens is 114 g/mol. The minimum absolute atomic E-state index is 0.335. The van der Waals surface area contributed by atoms with Crippen molar-refractivity contribution in [3.8, 4) is 0 Å². The number of hydrogen-bond acceptors (Lipinski definition) is 2. The third-order valence-electron chi connectivity index (χ3n) is 2.35. The van der Waals surface area contributed by atoms with E-state index < -0.39 is 0 Å². The van der Waals surface area contributed by atoms with Gasteiger partial charge in [0.25, 0.3) is 0 Å². The summed E-state index contributed by atoms with van der Waals surface area (Å²) in [6.07, 6.45) is 3.66. The van der Waals surface area contributed by atoms with Crippen LogP contribution in [-0.2, 0) is 0 Å². The van der Waals surface area contributed by atoms with Gasteiger partial charge in [-0.25, -0.2) is 0 Å². The van der Waals surface area contributed by atoms with Crippen LogP contribution in [0.1, 0.15) is 19.3 Å². The summed E-state index contributed by atoms with van der Waals surface area (Å²) in [4.78, 5) is 0. The van der Waals surface area contributed by atoms with E-state index in [1.165, 1.54) is 19.3 Å². The maximum atomic E-state index is 8.81. The van der Waals surface area contributed by atoms with Gasteiger partial charge in [0.15, 0.2) is 0 Å². The van der Waals surface area contributed by atoms with Gasteiger partial charge in [-0.15, -0.1) is 0 Å². The van der Waals surface area contributed by atoms with Crippen LogP contribution in [0.5, 0.6) is 0 Å². The van der Waals surface area contributed by atoms with Gasteiger partial charge >= 0.3 is 0 Å². The average molecular weight is 129 g/mol. The Bertz CT molecular complexity index is 75.0. The highest BCUT2D eigenvalue weighted by molar-refractivity contribution is 4.76. The number of rotatable bonds is 2. The summed E-state index contributed by atoms with van der Waals surface area (Å²) in [6, 6.07) is 0. The first-order chi connectivity index (χ1) is 4.38. The zero-order chi connectivity index (χ0) is 6.69. The topological polar surface area (TPSA) is 46.2 Å². The summed E-state index contributed by atoms with van der Waals surface area (Å²) in [5, 5.41) is 8.81. The van der Waals surface area contributed by atoms with Gasteiger partial charge in [-0.3, -0.25) is 0 Å². The largest absolute Gasteiger partial charge is 0.396 e. The molecule has 0 unspecified atom stereocenters. The molecule has 0 aromatic heterocycles. The average Bonchev–Trinajstić information content (AvgIpc) is 2.33. The zero-order valence-corrected chi connectivity index (χ0v) is 5.71. The fraction of sp³-hybridized carbons (Fsp3) is 1.00. The summed E-state index contributed by atoms with van der Waals surface area (Å²) in [5.41, 5.74) is 5.49. The molecule has 0 spiro atoms. The second kappa shape index (κ2) is 3.18. The first-order valence-corrected chi connectivity index (χ1v) is 3.69. The molecule has 1 aliphatic rings. The van der Waals surface area contributed by atoms with Gasteiger partial charge in [0.1, 0.15) is 0 Å². The second-order valence-electron chi connectivity index (χ2n) is 2.87. The van der Waals surface area contributed by atoms with Crippen LogP contribution in [0.25, 0.3) is 0 Å². The molecule has 0 aromatic rings. The summed E-state index contributed by atoms with van der Waals surface area (Å²) in [7, 11) is 0. The Kier molecular flexibility index (Phi) is 2.49. The van der Waals surface area contributed by atoms with Crippen molar-refractivity contribution in [2.45, 2.75) is 19.3 Å². The third kappa shape index (κ3) is 1.43. The van der Waals surface area contributed by atoms with Crippen LogP contribution in [0.2, 0.25) is 0 Å². The molecule has 1 aliphatic carbocycles. The van der Waals surface area contributed by atoms with Crippen LogP contribution >= 0.6 is 0 Å². The van der Waals surface area contributed by atoms with Gasteiger partial charge in [-0.05, 0) is 31.2 Å². The fourth-order valence-corrected chi connectivity index (χ4v) is 1.66. The monoisotopic (exact) mass is 129 g/mol. The molecule has 2 atom stereocenters. The predicted octanol–water partition coefficient (Wildman–Crippen LogP) is 0.354. The highest BCUT2D eigenvalue weighted by Crippen LogP contribution is 2.29. The Morgan fingerprint density at radius 2 is 2.00 bits per heavy atom. The molecule has 1 saturated carbocycles. The Labute approximate surface area is 56.1 Å². The van der Waals surface area contributed by atoms with Crippen molar-refractivity contribution >= 4 is 0 Å². The van der Waals surface area contributed by atoms with E-state index >= 15 is 0 Å². The van der Waals surface area contributed by atoms with Gasteiger partial charge in [-0.1, -0.05) is 6.42 Å². The van der Waals surface area contributed by atoms with Crippen LogP contribution in [0, 0.1) is 11.8 Å². The van der Waals surface area contributed by atoms with Gasteiger partial charge in [0.2, 0.25) is 0 Å². The number of aliphatic hydroxyl groups is 1. The minimum Gasteiger partial charge on any atom is -0.396 e. The Balaban J connectivity index is 2.32. The molecule has 0 bridgehead atoms. The molecule has 0 heterocycles. The maximum absolute atomic E-state index is 8.81. The number of hydrogen-bond donors (Lipinski definition) is 2. The minimum atomic E-state index is 0.335. The zero-order valence-electron chi connectivity index (χ0n) is 5.71. The molecule has 2 heteroatoms. The summed E-state index contributed by atoms with van der Waals surface area (Å²) >= 11 is 0. The van der Waals surface area contributed by atoms with E-state index in [-0.39, 0.29) is 0 Å². The Hall–Kier alpha value is -0.0800. The van der Waals surface area contributed by atoms with E-state index in [9.17, 15) is 0 Å². The lowest BCUT2D eigenvalue weighted by molar-refractivity contribution is 0.197. The molecule has 2 nitrogen and oxygen atoms in total. The van der Waals surface area contributed by atoms with E-state index in [0.717, 1.165) is 6.54 Å². The number of nitrogens with two attached hydrogens (primary N) is 1. The smallest absolute Gasteiger partial charge is 0.0462 e. The molecule has 0 aromatic carbocycles. The van der Waals surface area contributed by atoms with Crippen molar-refractivity contribution in [3.63, 3.8) is 0 Å². The first kappa shape index (κ1) is 7.03. The summed E-state index contributed by atoms with van der Waals surface area (Å²) in [5.74, 6) is 1.12. The molecular formula is C7H15NO. The van der Waals surface area contributed by atoms with E-state index in [1.807, 2.05) is 0 Å². The highest BCUT2D eigenvalue weighted by Gasteiger charge is 2.24. The third-order valence-corrected chi connectivity index (χ3v) is 2.35. The first-order valence-electron chi connectivity index (χ1n) is 3.69. The lowest BCUT2D eigenvalue weighted by Crippen LogP contribution is -2.20. The van der Waals surface area contributed by atoms with Crippen molar-refractivity contribution in [1.82, 2.24) is 0 Å². The normalized spacial score (nSPS) is 35.3. The molecule has 1 fully saturated rings. The highest BCUT2D eigenvalue weighted by atomic mass is 16.3. The van der Waals surface area contributed by atoms with Gasteiger partial charge < -0.3 is 10.8 Å². The van der Waals surface area contributed by atoms with Crippen molar-refractivity contribution in [2.75, 3.05) is 13.2 Å². The van der Waals surface area contributed by atoms with E-state index in [0.29, 0.717) is 18.4 Å².